The summed E-state index contributed by atoms with van der Waals surface area (Å²) < 4.78 is 30.3. The van der Waals surface area contributed by atoms with Gasteiger partial charge < -0.3 is 4.74 Å². The lowest BCUT2D eigenvalue weighted by molar-refractivity contribution is -0.139. The molecule has 0 aliphatic rings. The average molecular weight is 453 g/mol. The van der Waals surface area contributed by atoms with Crippen molar-refractivity contribution in [1.29, 1.82) is 0 Å². The standard InChI is InChI=1S/C9H7F2I2NO2/c1-16-6(15)3-4-2-5(12)7(8(10)11)14-9(4)13/h2,8H,3H2,1H3. The third kappa shape index (κ3) is 3.47. The number of esters is 1. The summed E-state index contributed by atoms with van der Waals surface area (Å²) in [6.45, 7) is 0. The molecule has 0 spiro atoms. The number of nitrogens with zero attached hydrogens (tertiary/aromatic N) is 1. The van der Waals surface area contributed by atoms with E-state index in [2.05, 4.69) is 9.72 Å². The first kappa shape index (κ1) is 14.0. The summed E-state index contributed by atoms with van der Waals surface area (Å²) in [5.74, 6) is -0.416. The van der Waals surface area contributed by atoms with Crippen LogP contribution < -0.4 is 0 Å². The van der Waals surface area contributed by atoms with Gasteiger partial charge in [0.05, 0.1) is 13.5 Å². The summed E-state index contributed by atoms with van der Waals surface area (Å²) in [6, 6.07) is 1.54. The SMILES string of the molecule is COC(=O)Cc1cc(I)c(C(F)F)nc1I. The first-order valence-electron chi connectivity index (χ1n) is 4.15. The Morgan fingerprint density at radius 3 is 2.69 bits per heavy atom. The Hall–Kier alpha value is -0.0600. The number of halogens is 4. The van der Waals surface area contributed by atoms with Gasteiger partial charge in [0, 0.05) is 3.57 Å². The van der Waals surface area contributed by atoms with Gasteiger partial charge in [0.1, 0.15) is 9.39 Å². The lowest BCUT2D eigenvalue weighted by atomic mass is 10.2. The topological polar surface area (TPSA) is 39.2 Å². The van der Waals surface area contributed by atoms with Crippen LogP contribution in [0.3, 0.4) is 0 Å². The molecule has 0 saturated heterocycles. The summed E-state index contributed by atoms with van der Waals surface area (Å²) in [5, 5.41) is 0. The van der Waals surface area contributed by atoms with E-state index in [0.29, 0.717) is 12.8 Å². The average Bonchev–Trinajstić information content (AvgIpc) is 2.22. The maximum Gasteiger partial charge on any atom is 0.310 e. The summed E-state index contributed by atoms with van der Waals surface area (Å²) in [4.78, 5) is 14.8. The molecule has 0 radical (unpaired) electrons. The van der Waals surface area contributed by atoms with Crippen molar-refractivity contribution in [2.45, 2.75) is 12.8 Å². The Morgan fingerprint density at radius 1 is 1.56 bits per heavy atom. The highest BCUT2D eigenvalue weighted by Gasteiger charge is 2.17. The summed E-state index contributed by atoms with van der Waals surface area (Å²) >= 11 is 3.61. The molecular weight excluding hydrogens is 446 g/mol. The molecule has 0 amide bonds. The molecule has 0 atom stereocenters. The maximum absolute atomic E-state index is 12.5. The van der Waals surface area contributed by atoms with Crippen molar-refractivity contribution < 1.29 is 18.3 Å². The van der Waals surface area contributed by atoms with E-state index in [4.69, 9.17) is 0 Å². The van der Waals surface area contributed by atoms with E-state index in [9.17, 15) is 13.6 Å². The molecule has 0 unspecified atom stereocenters. The highest BCUT2D eigenvalue weighted by molar-refractivity contribution is 14.1. The van der Waals surface area contributed by atoms with Gasteiger partial charge in [-0.25, -0.2) is 13.8 Å². The van der Waals surface area contributed by atoms with E-state index in [0.717, 1.165) is 0 Å². The molecule has 0 saturated carbocycles. The van der Waals surface area contributed by atoms with Crippen molar-refractivity contribution in [1.82, 2.24) is 4.98 Å². The van der Waals surface area contributed by atoms with Gasteiger partial charge in [-0.05, 0) is 56.8 Å². The van der Waals surface area contributed by atoms with Gasteiger partial charge in [-0.15, -0.1) is 0 Å². The monoisotopic (exact) mass is 453 g/mol. The number of ether oxygens (including phenoxy) is 1. The highest BCUT2D eigenvalue weighted by atomic mass is 127. The zero-order chi connectivity index (χ0) is 12.3. The highest BCUT2D eigenvalue weighted by Crippen LogP contribution is 2.25. The van der Waals surface area contributed by atoms with Crippen molar-refractivity contribution >= 4 is 51.2 Å². The van der Waals surface area contributed by atoms with Crippen LogP contribution >= 0.6 is 45.2 Å². The van der Waals surface area contributed by atoms with Crippen LogP contribution in [0, 0.1) is 7.27 Å². The van der Waals surface area contributed by atoms with Crippen LogP contribution in [0.1, 0.15) is 17.7 Å². The zero-order valence-electron chi connectivity index (χ0n) is 8.14. The van der Waals surface area contributed by atoms with Gasteiger partial charge in [-0.3, -0.25) is 4.79 Å². The molecule has 0 aromatic carbocycles. The summed E-state index contributed by atoms with van der Waals surface area (Å²) in [5.41, 5.74) is 0.347. The van der Waals surface area contributed by atoms with Crippen molar-refractivity contribution in [3.8, 4) is 0 Å². The smallest absolute Gasteiger partial charge is 0.310 e. The second-order valence-electron chi connectivity index (χ2n) is 2.86. The summed E-state index contributed by atoms with van der Waals surface area (Å²) in [7, 11) is 1.28. The van der Waals surface area contributed by atoms with Crippen molar-refractivity contribution in [3.63, 3.8) is 0 Å². The molecule has 3 nitrogen and oxygen atoms in total. The number of carbonyl (C=O) groups is 1. The van der Waals surface area contributed by atoms with Crippen LogP contribution in [0.2, 0.25) is 0 Å². The molecule has 1 aromatic heterocycles. The van der Waals surface area contributed by atoms with Crippen LogP contribution in [0.5, 0.6) is 0 Å². The number of alkyl halides is 2. The molecule has 1 rings (SSSR count). The summed E-state index contributed by atoms with van der Waals surface area (Å²) in [6.07, 6.45) is -2.56. The Balaban J connectivity index is 3.05. The number of hydrogen-bond donors (Lipinski definition) is 0. The normalized spacial score (nSPS) is 10.6. The molecular formula is C9H7F2I2NO2. The second kappa shape index (κ2) is 6.03. The lowest BCUT2D eigenvalue weighted by Crippen LogP contribution is -2.09. The number of methoxy groups -OCH3 is 1. The van der Waals surface area contributed by atoms with E-state index >= 15 is 0 Å². The number of carbonyl (C=O) groups excluding carboxylic acids is 1. The van der Waals surface area contributed by atoms with Gasteiger partial charge in [0.25, 0.3) is 6.43 Å². The molecule has 0 bridgehead atoms. The van der Waals surface area contributed by atoms with Crippen LogP contribution in [-0.4, -0.2) is 18.1 Å². The third-order valence-corrected chi connectivity index (χ3v) is 3.60. The Bertz CT molecular complexity index is 413. The Kier molecular flexibility index (Phi) is 5.28. The van der Waals surface area contributed by atoms with Crippen LogP contribution in [0.4, 0.5) is 8.78 Å². The fraction of sp³-hybridized carbons (Fsp3) is 0.333. The maximum atomic E-state index is 12.5. The Labute approximate surface area is 118 Å². The first-order valence-corrected chi connectivity index (χ1v) is 6.31. The van der Waals surface area contributed by atoms with Gasteiger partial charge in [-0.2, -0.15) is 0 Å². The molecule has 88 valence electrons. The number of hydrogen-bond acceptors (Lipinski definition) is 3. The predicted octanol–water partition coefficient (Wildman–Crippen LogP) is 2.94. The molecule has 1 heterocycles. The number of aromatic nitrogens is 1. The second-order valence-corrected chi connectivity index (χ2v) is 5.04. The number of rotatable bonds is 3. The lowest BCUT2D eigenvalue weighted by Gasteiger charge is -2.07. The largest absolute Gasteiger partial charge is 0.469 e. The number of pyridine rings is 1. The predicted molar refractivity (Wildman–Crippen MR) is 70.3 cm³/mol. The van der Waals surface area contributed by atoms with Crippen LogP contribution in [-0.2, 0) is 16.0 Å². The minimum Gasteiger partial charge on any atom is -0.469 e. The van der Waals surface area contributed by atoms with Gasteiger partial charge >= 0.3 is 5.97 Å². The van der Waals surface area contributed by atoms with E-state index in [1.165, 1.54) is 13.2 Å². The Morgan fingerprint density at radius 2 is 2.19 bits per heavy atom. The minimum absolute atomic E-state index is 0.0429. The fourth-order valence-corrected chi connectivity index (χ4v) is 2.36. The van der Waals surface area contributed by atoms with E-state index in [1.54, 1.807) is 22.6 Å². The van der Waals surface area contributed by atoms with Gasteiger partial charge in [0.15, 0.2) is 0 Å². The molecule has 0 aliphatic carbocycles. The van der Waals surface area contributed by atoms with Crippen molar-refractivity contribution in [2.75, 3.05) is 7.11 Å². The van der Waals surface area contributed by atoms with Gasteiger partial charge in [0.2, 0.25) is 0 Å². The molecule has 16 heavy (non-hydrogen) atoms. The molecule has 0 aliphatic heterocycles. The fourth-order valence-electron chi connectivity index (χ4n) is 1.02. The van der Waals surface area contributed by atoms with E-state index in [-0.39, 0.29) is 12.1 Å². The molecule has 0 fully saturated rings. The van der Waals surface area contributed by atoms with Crippen LogP contribution in [0.15, 0.2) is 6.07 Å². The molecule has 0 N–H and O–H groups in total. The quantitative estimate of drug-likeness (QED) is 0.402. The zero-order valence-corrected chi connectivity index (χ0v) is 12.5. The minimum atomic E-state index is -2.60. The van der Waals surface area contributed by atoms with Gasteiger partial charge in [-0.1, -0.05) is 0 Å². The van der Waals surface area contributed by atoms with E-state index in [1.807, 2.05) is 22.6 Å². The van der Waals surface area contributed by atoms with E-state index < -0.39 is 12.4 Å². The molecule has 1 aromatic rings. The van der Waals surface area contributed by atoms with Crippen molar-refractivity contribution in [2.24, 2.45) is 0 Å². The third-order valence-electron chi connectivity index (χ3n) is 1.80. The first-order chi connectivity index (χ1) is 7.45. The van der Waals surface area contributed by atoms with Crippen molar-refractivity contribution in [3.05, 3.63) is 24.6 Å². The van der Waals surface area contributed by atoms with Crippen LogP contribution in [0.25, 0.3) is 0 Å². The molecule has 7 heteroatoms.